The Kier molecular flexibility index (Phi) is 4.34. The normalized spacial score (nSPS) is 19.5. The van der Waals surface area contributed by atoms with Crippen molar-refractivity contribution in [1.29, 1.82) is 0 Å². The van der Waals surface area contributed by atoms with Crippen LogP contribution in [0.25, 0.3) is 0 Å². The van der Waals surface area contributed by atoms with Crippen LogP contribution in [-0.2, 0) is 19.6 Å². The van der Waals surface area contributed by atoms with Crippen molar-refractivity contribution < 1.29 is 22.7 Å². The maximum absolute atomic E-state index is 12.6. The van der Waals surface area contributed by atoms with E-state index in [0.717, 1.165) is 4.31 Å². The van der Waals surface area contributed by atoms with Crippen LogP contribution in [0.5, 0.6) is 5.75 Å². The van der Waals surface area contributed by atoms with E-state index >= 15 is 0 Å². The van der Waals surface area contributed by atoms with E-state index in [2.05, 4.69) is 11.3 Å². The maximum atomic E-state index is 12.6. The van der Waals surface area contributed by atoms with E-state index < -0.39 is 22.0 Å². The monoisotopic (exact) mass is 311 g/mol. The van der Waals surface area contributed by atoms with E-state index in [1.165, 1.54) is 26.4 Å². The molecule has 0 saturated carbocycles. The largest absolute Gasteiger partial charge is 0.497 e. The second-order valence-electron chi connectivity index (χ2n) is 4.72. The molecule has 1 aliphatic heterocycles. The molecule has 6 nitrogen and oxygen atoms in total. The smallest absolute Gasteiger partial charge is 0.324 e. The van der Waals surface area contributed by atoms with Gasteiger partial charge in [0.1, 0.15) is 11.8 Å². The van der Waals surface area contributed by atoms with E-state index in [9.17, 15) is 13.2 Å². The summed E-state index contributed by atoms with van der Waals surface area (Å²) in [5.74, 6) is -0.0185. The lowest BCUT2D eigenvalue weighted by molar-refractivity contribution is -0.144. The van der Waals surface area contributed by atoms with Crippen molar-refractivity contribution in [2.45, 2.75) is 17.4 Å². The predicted molar refractivity (Wildman–Crippen MR) is 76.4 cm³/mol. The first-order valence-corrected chi connectivity index (χ1v) is 7.74. The second kappa shape index (κ2) is 5.87. The first kappa shape index (κ1) is 15.5. The van der Waals surface area contributed by atoms with E-state index in [1.807, 2.05) is 0 Å². The number of esters is 1. The Morgan fingerprint density at radius 2 is 1.90 bits per heavy atom. The molecule has 0 radical (unpaired) electrons. The fraction of sp³-hybridized carbons (Fsp3) is 0.357. The Hall–Kier alpha value is -1.86. The lowest BCUT2D eigenvalue weighted by Crippen LogP contribution is -2.41. The zero-order valence-corrected chi connectivity index (χ0v) is 12.7. The minimum Gasteiger partial charge on any atom is -0.497 e. The SMILES string of the molecule is C=C1C[C@H](C(=O)OC)N(S(=O)(=O)c2ccc(OC)cc2)C1. The average Bonchev–Trinajstić information content (AvgIpc) is 2.89. The Morgan fingerprint density at radius 3 is 2.43 bits per heavy atom. The van der Waals surface area contributed by atoms with Crippen LogP contribution in [0, 0.1) is 0 Å². The minimum absolute atomic E-state index is 0.104. The second-order valence-corrected chi connectivity index (χ2v) is 6.61. The van der Waals surface area contributed by atoms with E-state index in [0.29, 0.717) is 11.3 Å². The van der Waals surface area contributed by atoms with Crippen LogP contribution < -0.4 is 4.74 Å². The summed E-state index contributed by atoms with van der Waals surface area (Å²) in [7, 11) is -1.05. The molecule has 7 heteroatoms. The van der Waals surface area contributed by atoms with Gasteiger partial charge in [0.05, 0.1) is 19.1 Å². The molecular weight excluding hydrogens is 294 g/mol. The highest BCUT2D eigenvalue weighted by Gasteiger charge is 2.41. The standard InChI is InChI=1S/C14H17NO5S/c1-10-8-13(14(16)20-3)15(9-10)21(17,18)12-6-4-11(19-2)5-7-12/h4-7,13H,1,8-9H2,2-3H3/t13-/m1/s1. The molecular formula is C14H17NO5S. The van der Waals surface area contributed by atoms with Crippen molar-refractivity contribution in [2.75, 3.05) is 20.8 Å². The molecule has 0 unspecified atom stereocenters. The van der Waals surface area contributed by atoms with E-state index in [-0.39, 0.29) is 17.9 Å². The number of methoxy groups -OCH3 is 2. The number of carbonyl (C=O) groups is 1. The number of hydrogen-bond donors (Lipinski definition) is 0. The molecule has 1 saturated heterocycles. The van der Waals surface area contributed by atoms with Crippen LogP contribution in [0.15, 0.2) is 41.3 Å². The summed E-state index contributed by atoms with van der Waals surface area (Å²) in [4.78, 5) is 11.9. The van der Waals surface area contributed by atoms with Crippen molar-refractivity contribution >= 4 is 16.0 Å². The van der Waals surface area contributed by atoms with Gasteiger partial charge in [-0.15, -0.1) is 0 Å². The molecule has 1 aliphatic rings. The molecule has 0 spiro atoms. The molecule has 1 heterocycles. The highest BCUT2D eigenvalue weighted by molar-refractivity contribution is 7.89. The van der Waals surface area contributed by atoms with Gasteiger partial charge in [-0.2, -0.15) is 4.31 Å². The summed E-state index contributed by atoms with van der Waals surface area (Å²) in [6.45, 7) is 3.89. The van der Waals surface area contributed by atoms with Crippen LogP contribution >= 0.6 is 0 Å². The number of benzene rings is 1. The molecule has 1 aromatic rings. The quantitative estimate of drug-likeness (QED) is 0.617. The Morgan fingerprint density at radius 1 is 1.29 bits per heavy atom. The molecule has 0 aromatic heterocycles. The lowest BCUT2D eigenvalue weighted by Gasteiger charge is -2.21. The zero-order valence-electron chi connectivity index (χ0n) is 11.9. The van der Waals surface area contributed by atoms with Crippen LogP contribution in [0.4, 0.5) is 0 Å². The number of ether oxygens (including phenoxy) is 2. The van der Waals surface area contributed by atoms with Crippen molar-refractivity contribution in [1.82, 2.24) is 4.31 Å². The Labute approximate surface area is 124 Å². The van der Waals surface area contributed by atoms with Gasteiger partial charge in [0.15, 0.2) is 0 Å². The highest BCUT2D eigenvalue weighted by atomic mass is 32.2. The van der Waals surface area contributed by atoms with Crippen LogP contribution in [-0.4, -0.2) is 45.5 Å². The van der Waals surface area contributed by atoms with Crippen LogP contribution in [0.3, 0.4) is 0 Å². The Balaban J connectivity index is 2.36. The third-order valence-corrected chi connectivity index (χ3v) is 5.22. The third kappa shape index (κ3) is 2.93. The molecule has 1 atom stereocenters. The molecule has 21 heavy (non-hydrogen) atoms. The van der Waals surface area contributed by atoms with Crippen molar-refractivity contribution in [3.63, 3.8) is 0 Å². The van der Waals surface area contributed by atoms with E-state index in [4.69, 9.17) is 4.74 Å². The topological polar surface area (TPSA) is 72.9 Å². The van der Waals surface area contributed by atoms with Gasteiger partial charge in [0.25, 0.3) is 0 Å². The lowest BCUT2D eigenvalue weighted by atomic mass is 10.2. The Bertz CT molecular complexity index is 650. The summed E-state index contributed by atoms with van der Waals surface area (Å²) in [5, 5.41) is 0. The first-order valence-electron chi connectivity index (χ1n) is 6.30. The maximum Gasteiger partial charge on any atom is 0.324 e. The third-order valence-electron chi connectivity index (χ3n) is 3.35. The fourth-order valence-corrected chi connectivity index (χ4v) is 3.84. The predicted octanol–water partition coefficient (Wildman–Crippen LogP) is 1.19. The van der Waals surface area contributed by atoms with E-state index in [1.54, 1.807) is 12.1 Å². The van der Waals surface area contributed by atoms with Gasteiger partial charge in [-0.05, 0) is 30.7 Å². The highest BCUT2D eigenvalue weighted by Crippen LogP contribution is 2.29. The molecule has 0 amide bonds. The van der Waals surface area contributed by atoms with Crippen molar-refractivity contribution in [2.24, 2.45) is 0 Å². The number of nitrogens with zero attached hydrogens (tertiary/aromatic N) is 1. The molecule has 1 aromatic carbocycles. The molecule has 0 aliphatic carbocycles. The summed E-state index contributed by atoms with van der Waals surface area (Å²) >= 11 is 0. The van der Waals surface area contributed by atoms with Gasteiger partial charge < -0.3 is 9.47 Å². The number of carbonyl (C=O) groups excluding carboxylic acids is 1. The molecule has 1 fully saturated rings. The number of hydrogen-bond acceptors (Lipinski definition) is 5. The number of sulfonamides is 1. The summed E-state index contributed by atoms with van der Waals surface area (Å²) < 4.78 is 36.1. The van der Waals surface area contributed by atoms with Gasteiger partial charge in [0, 0.05) is 6.54 Å². The first-order chi connectivity index (χ1) is 9.90. The van der Waals surface area contributed by atoms with Gasteiger partial charge in [-0.1, -0.05) is 12.2 Å². The van der Waals surface area contributed by atoms with Gasteiger partial charge >= 0.3 is 5.97 Å². The van der Waals surface area contributed by atoms with Gasteiger partial charge in [-0.3, -0.25) is 4.79 Å². The minimum atomic E-state index is -3.78. The molecule has 114 valence electrons. The molecule has 0 bridgehead atoms. The summed E-state index contributed by atoms with van der Waals surface area (Å²) in [5.41, 5.74) is 0.683. The molecule has 2 rings (SSSR count). The van der Waals surface area contributed by atoms with Gasteiger partial charge in [-0.25, -0.2) is 8.42 Å². The zero-order chi connectivity index (χ0) is 15.6. The fourth-order valence-electron chi connectivity index (χ4n) is 2.24. The summed E-state index contributed by atoms with van der Waals surface area (Å²) in [6.07, 6.45) is 0.280. The van der Waals surface area contributed by atoms with Crippen LogP contribution in [0.2, 0.25) is 0 Å². The molecule has 0 N–H and O–H groups in total. The number of rotatable bonds is 4. The van der Waals surface area contributed by atoms with Gasteiger partial charge in [0.2, 0.25) is 10.0 Å². The van der Waals surface area contributed by atoms with Crippen molar-refractivity contribution in [3.05, 3.63) is 36.4 Å². The van der Waals surface area contributed by atoms with Crippen LogP contribution in [0.1, 0.15) is 6.42 Å². The summed E-state index contributed by atoms with van der Waals surface area (Å²) in [6, 6.07) is 5.16. The van der Waals surface area contributed by atoms with Crippen molar-refractivity contribution in [3.8, 4) is 5.75 Å². The average molecular weight is 311 g/mol.